The van der Waals surface area contributed by atoms with Gasteiger partial charge in [0.15, 0.2) is 5.78 Å². The lowest BCUT2D eigenvalue weighted by Gasteiger charge is -2.32. The molecule has 1 unspecified atom stereocenters. The Kier molecular flexibility index (Phi) is 7.79. The highest BCUT2D eigenvalue weighted by Crippen LogP contribution is 2.36. The first-order chi connectivity index (χ1) is 17.5. The maximum atomic E-state index is 13.0. The molecule has 1 N–H and O–H groups in total. The van der Waals surface area contributed by atoms with E-state index in [0.717, 1.165) is 93.7 Å². The van der Waals surface area contributed by atoms with Crippen molar-refractivity contribution in [2.24, 2.45) is 17.8 Å². The van der Waals surface area contributed by atoms with Crippen molar-refractivity contribution in [3.63, 3.8) is 0 Å². The summed E-state index contributed by atoms with van der Waals surface area (Å²) in [7, 11) is 0. The van der Waals surface area contributed by atoms with Crippen molar-refractivity contribution in [3.8, 4) is 11.8 Å². The molecule has 1 aliphatic heterocycles. The number of aliphatic hydroxyl groups excluding tert-OH is 1. The van der Waals surface area contributed by atoms with Crippen LogP contribution in [-0.2, 0) is 6.42 Å². The lowest BCUT2D eigenvalue weighted by Crippen LogP contribution is -2.35. The number of nitriles is 1. The molecule has 2 heterocycles. The number of nitrogens with zero attached hydrogens (tertiary/aromatic N) is 3. The van der Waals surface area contributed by atoms with E-state index in [0.29, 0.717) is 22.4 Å². The predicted molar refractivity (Wildman–Crippen MR) is 140 cm³/mol. The van der Waals surface area contributed by atoms with Crippen LogP contribution in [0.2, 0.25) is 5.02 Å². The Hall–Kier alpha value is -2.62. The van der Waals surface area contributed by atoms with Crippen LogP contribution in [0.5, 0.6) is 5.75 Å². The van der Waals surface area contributed by atoms with Gasteiger partial charge in [0, 0.05) is 43.7 Å². The van der Waals surface area contributed by atoms with Crippen molar-refractivity contribution in [1.29, 1.82) is 5.26 Å². The third-order valence-electron chi connectivity index (χ3n) is 8.31. The monoisotopic (exact) mass is 507 g/mol. The molecular weight excluding hydrogens is 474 g/mol. The molecule has 0 bridgehead atoms. The van der Waals surface area contributed by atoms with Gasteiger partial charge in [-0.15, -0.1) is 0 Å². The van der Waals surface area contributed by atoms with Gasteiger partial charge in [-0.05, 0) is 87.5 Å². The maximum absolute atomic E-state index is 13.0. The summed E-state index contributed by atoms with van der Waals surface area (Å²) in [6, 6.07) is 11.3. The maximum Gasteiger partial charge on any atom is 0.168 e. The average molecular weight is 508 g/mol. The number of carbonyl (C=O) groups excluding carboxylic acids is 1. The summed E-state index contributed by atoms with van der Waals surface area (Å²) >= 11 is 6.13. The number of Topliss-reactive ketones (excluding diaryl/α,β-unsaturated/α-hetero) is 1. The third kappa shape index (κ3) is 5.53. The minimum Gasteiger partial charge on any atom is -0.490 e. The fourth-order valence-electron chi connectivity index (χ4n) is 6.00. The van der Waals surface area contributed by atoms with Crippen LogP contribution in [0.1, 0.15) is 73.0 Å². The molecule has 1 aromatic heterocycles. The lowest BCUT2D eigenvalue weighted by atomic mass is 9.82. The van der Waals surface area contributed by atoms with Crippen LogP contribution in [0.4, 0.5) is 5.82 Å². The predicted octanol–water partition coefficient (Wildman–Crippen LogP) is 5.59. The molecule has 5 rings (SSSR count). The third-order valence-corrected chi connectivity index (χ3v) is 8.63. The van der Waals surface area contributed by atoms with Gasteiger partial charge in [-0.1, -0.05) is 11.6 Å². The quantitative estimate of drug-likeness (QED) is 0.525. The van der Waals surface area contributed by atoms with Crippen molar-refractivity contribution < 1.29 is 14.6 Å². The molecule has 6 nitrogen and oxygen atoms in total. The number of benzene rings is 1. The van der Waals surface area contributed by atoms with Crippen LogP contribution >= 0.6 is 11.6 Å². The summed E-state index contributed by atoms with van der Waals surface area (Å²) in [5, 5.41) is 18.8. The van der Waals surface area contributed by atoms with Crippen molar-refractivity contribution in [1.82, 2.24) is 4.98 Å². The van der Waals surface area contributed by atoms with E-state index in [1.165, 1.54) is 0 Å². The van der Waals surface area contributed by atoms with Gasteiger partial charge in [0.05, 0.1) is 22.4 Å². The average Bonchev–Trinajstić information content (AvgIpc) is 3.23. The number of ketones is 1. The van der Waals surface area contributed by atoms with Crippen LogP contribution in [0.15, 0.2) is 30.3 Å². The van der Waals surface area contributed by atoms with Gasteiger partial charge in [0.2, 0.25) is 0 Å². The number of carbonyl (C=O) groups is 1. The normalized spacial score (nSPS) is 24.4. The van der Waals surface area contributed by atoms with Gasteiger partial charge in [0.1, 0.15) is 17.6 Å². The molecule has 2 aromatic rings. The standard InChI is InChI=1S/C29H34ClN3O3/c30-26-16-24(8-5-22(26)17-31)36-23-6-2-19(3-7-23)1-4-21-15-27-25(29(21)35)9-10-28(32-27)33-13-11-20(18-34)12-14-33/h5,8-10,16,19-21,23,34H,1-4,6-7,11-15,18H2. The smallest absolute Gasteiger partial charge is 0.168 e. The van der Waals surface area contributed by atoms with Gasteiger partial charge in [-0.2, -0.15) is 5.26 Å². The van der Waals surface area contributed by atoms with E-state index in [2.05, 4.69) is 11.0 Å². The van der Waals surface area contributed by atoms with E-state index < -0.39 is 0 Å². The number of hydrogen-bond donors (Lipinski definition) is 1. The zero-order chi connectivity index (χ0) is 25.1. The van der Waals surface area contributed by atoms with Crippen molar-refractivity contribution in [3.05, 3.63) is 52.2 Å². The molecule has 0 spiro atoms. The Bertz CT molecular complexity index is 1130. The minimum atomic E-state index is 0.0534. The van der Waals surface area contributed by atoms with Crippen molar-refractivity contribution >= 4 is 23.2 Å². The molecule has 7 heteroatoms. The van der Waals surface area contributed by atoms with Gasteiger partial charge >= 0.3 is 0 Å². The number of rotatable bonds is 7. The van der Waals surface area contributed by atoms with E-state index in [9.17, 15) is 9.90 Å². The second-order valence-electron chi connectivity index (χ2n) is 10.6. The summed E-state index contributed by atoms with van der Waals surface area (Å²) in [4.78, 5) is 20.2. The molecule has 1 saturated heterocycles. The SMILES string of the molecule is N#Cc1ccc(OC2CCC(CCC3Cc4nc(N5CCC(CO)CC5)ccc4C3=O)CC2)cc1Cl. The molecule has 1 aromatic carbocycles. The Morgan fingerprint density at radius 2 is 1.83 bits per heavy atom. The second kappa shape index (κ2) is 11.2. The fraction of sp³-hybridized carbons (Fsp3) is 0.552. The van der Waals surface area contributed by atoms with Crippen LogP contribution in [0.25, 0.3) is 0 Å². The minimum absolute atomic E-state index is 0.0534. The zero-order valence-electron chi connectivity index (χ0n) is 20.7. The molecule has 3 aliphatic rings. The summed E-state index contributed by atoms with van der Waals surface area (Å²) < 4.78 is 6.12. The van der Waals surface area contributed by atoms with E-state index in [-0.39, 0.29) is 24.4 Å². The van der Waals surface area contributed by atoms with Crippen molar-refractivity contribution in [2.45, 2.75) is 63.9 Å². The number of aromatic nitrogens is 1. The Morgan fingerprint density at radius 1 is 1.06 bits per heavy atom. The Morgan fingerprint density at radius 3 is 2.53 bits per heavy atom. The second-order valence-corrected chi connectivity index (χ2v) is 11.0. The largest absolute Gasteiger partial charge is 0.490 e. The highest BCUT2D eigenvalue weighted by Gasteiger charge is 2.33. The Labute approximate surface area is 218 Å². The molecule has 0 radical (unpaired) electrons. The van der Waals surface area contributed by atoms with E-state index in [4.69, 9.17) is 26.6 Å². The van der Waals surface area contributed by atoms with Crippen LogP contribution in [0, 0.1) is 29.1 Å². The molecule has 1 saturated carbocycles. The van der Waals surface area contributed by atoms with Crippen LogP contribution in [0.3, 0.4) is 0 Å². The first kappa shape index (κ1) is 25.0. The lowest BCUT2D eigenvalue weighted by molar-refractivity contribution is 0.0914. The molecule has 0 amide bonds. The van der Waals surface area contributed by atoms with E-state index >= 15 is 0 Å². The molecule has 1 atom stereocenters. The highest BCUT2D eigenvalue weighted by atomic mass is 35.5. The number of hydrogen-bond acceptors (Lipinski definition) is 6. The van der Waals surface area contributed by atoms with Crippen LogP contribution in [-0.4, -0.2) is 41.7 Å². The number of aliphatic hydroxyl groups is 1. The Balaban J connectivity index is 1.09. The van der Waals surface area contributed by atoms with Gasteiger partial charge in [-0.25, -0.2) is 4.98 Å². The number of fused-ring (bicyclic) bond motifs is 1. The number of halogens is 1. The number of ether oxygens (including phenoxy) is 1. The summed E-state index contributed by atoms with van der Waals surface area (Å²) in [5.41, 5.74) is 2.24. The van der Waals surface area contributed by atoms with E-state index in [1.807, 2.05) is 18.2 Å². The summed E-state index contributed by atoms with van der Waals surface area (Å²) in [6.45, 7) is 2.10. The first-order valence-corrected chi connectivity index (χ1v) is 13.7. The molecule has 2 fully saturated rings. The van der Waals surface area contributed by atoms with Crippen molar-refractivity contribution in [2.75, 3.05) is 24.6 Å². The van der Waals surface area contributed by atoms with Gasteiger partial charge < -0.3 is 14.7 Å². The van der Waals surface area contributed by atoms with E-state index in [1.54, 1.807) is 12.1 Å². The van der Waals surface area contributed by atoms with Crippen LogP contribution < -0.4 is 9.64 Å². The molecular formula is C29H34ClN3O3. The summed E-state index contributed by atoms with van der Waals surface area (Å²) in [6.07, 6.45) is 9.12. The highest BCUT2D eigenvalue weighted by molar-refractivity contribution is 6.31. The molecule has 2 aliphatic carbocycles. The van der Waals surface area contributed by atoms with Gasteiger partial charge in [0.25, 0.3) is 0 Å². The number of piperidine rings is 1. The molecule has 36 heavy (non-hydrogen) atoms. The molecule has 190 valence electrons. The topological polar surface area (TPSA) is 86.4 Å². The number of pyridine rings is 1. The first-order valence-electron chi connectivity index (χ1n) is 13.3. The van der Waals surface area contributed by atoms with Gasteiger partial charge in [-0.3, -0.25) is 4.79 Å². The zero-order valence-corrected chi connectivity index (χ0v) is 21.4. The fourth-order valence-corrected chi connectivity index (χ4v) is 6.21. The summed E-state index contributed by atoms with van der Waals surface area (Å²) in [5.74, 6) is 3.04. The number of anilines is 1.